The van der Waals surface area contributed by atoms with Crippen LogP contribution in [0.25, 0.3) is 0 Å². The summed E-state index contributed by atoms with van der Waals surface area (Å²) in [4.78, 5) is 24.9. The minimum atomic E-state index is -3.72. The van der Waals surface area contributed by atoms with E-state index in [1.165, 1.54) is 42.1 Å². The summed E-state index contributed by atoms with van der Waals surface area (Å²) < 4.78 is 38.5. The number of carbonyl (C=O) groups excluding carboxylic acids is 2. The number of fused-ring (bicyclic) bond motifs is 1. The van der Waals surface area contributed by atoms with Crippen LogP contribution < -0.4 is 10.6 Å². The molecule has 29 heavy (non-hydrogen) atoms. The first-order valence-corrected chi connectivity index (χ1v) is 11.6. The first kappa shape index (κ1) is 21.3. The van der Waals surface area contributed by atoms with Gasteiger partial charge < -0.3 is 10.6 Å². The van der Waals surface area contributed by atoms with Crippen molar-refractivity contribution in [1.29, 1.82) is 0 Å². The molecule has 1 aliphatic heterocycles. The fourth-order valence-corrected chi connectivity index (χ4v) is 5.26. The zero-order valence-corrected chi connectivity index (χ0v) is 17.6. The number of aryl methyl sites for hydroxylation is 1. The second kappa shape index (κ2) is 8.54. The molecule has 1 atom stereocenters. The van der Waals surface area contributed by atoms with Gasteiger partial charge in [-0.2, -0.15) is 0 Å². The molecule has 154 valence electrons. The van der Waals surface area contributed by atoms with Crippen LogP contribution in [0.2, 0.25) is 0 Å². The first-order chi connectivity index (χ1) is 13.6. The highest BCUT2D eigenvalue weighted by Crippen LogP contribution is 2.36. The van der Waals surface area contributed by atoms with E-state index in [1.807, 2.05) is 6.92 Å². The molecule has 0 aliphatic carbocycles. The van der Waals surface area contributed by atoms with Gasteiger partial charge in [0.05, 0.1) is 16.3 Å². The van der Waals surface area contributed by atoms with Crippen molar-refractivity contribution in [3.63, 3.8) is 0 Å². The highest BCUT2D eigenvalue weighted by Gasteiger charge is 2.23. The van der Waals surface area contributed by atoms with Crippen LogP contribution in [0.5, 0.6) is 0 Å². The van der Waals surface area contributed by atoms with Crippen LogP contribution in [-0.2, 0) is 19.4 Å². The number of benzene rings is 2. The maximum Gasteiger partial charge on any atom is 0.225 e. The van der Waals surface area contributed by atoms with Gasteiger partial charge in [-0.25, -0.2) is 12.8 Å². The van der Waals surface area contributed by atoms with Gasteiger partial charge in [-0.05, 0) is 48.9 Å². The zero-order chi connectivity index (χ0) is 21.2. The Morgan fingerprint density at radius 1 is 1.28 bits per heavy atom. The molecule has 0 spiro atoms. The smallest absolute Gasteiger partial charge is 0.225 e. The largest absolute Gasteiger partial charge is 0.326 e. The molecule has 1 aliphatic rings. The summed E-state index contributed by atoms with van der Waals surface area (Å²) in [6, 6.07) is 8.56. The number of halogens is 1. The van der Waals surface area contributed by atoms with Crippen molar-refractivity contribution >= 4 is 44.8 Å². The molecule has 0 bridgehead atoms. The molecule has 0 fully saturated rings. The van der Waals surface area contributed by atoms with E-state index < -0.39 is 21.6 Å². The topological polar surface area (TPSA) is 92.3 Å². The van der Waals surface area contributed by atoms with Crippen molar-refractivity contribution in [2.75, 3.05) is 16.4 Å². The summed E-state index contributed by atoms with van der Waals surface area (Å²) in [6.45, 7) is 3.59. The monoisotopic (exact) mass is 436 g/mol. The van der Waals surface area contributed by atoms with Crippen LogP contribution in [-0.4, -0.2) is 31.2 Å². The Bertz CT molecular complexity index is 1070. The maximum atomic E-state index is 13.1. The van der Waals surface area contributed by atoms with Crippen molar-refractivity contribution in [3.05, 3.63) is 47.8 Å². The van der Waals surface area contributed by atoms with E-state index >= 15 is 0 Å². The van der Waals surface area contributed by atoms with E-state index in [0.717, 1.165) is 4.90 Å². The molecule has 3 rings (SSSR count). The lowest BCUT2D eigenvalue weighted by Gasteiger charge is -2.11. The molecule has 9 heteroatoms. The third-order valence-corrected chi connectivity index (χ3v) is 7.34. The molecule has 0 saturated heterocycles. The Kier molecular flexibility index (Phi) is 6.28. The number of anilines is 2. The van der Waals surface area contributed by atoms with Crippen LogP contribution in [0.3, 0.4) is 0 Å². The van der Waals surface area contributed by atoms with Gasteiger partial charge in [-0.3, -0.25) is 9.59 Å². The summed E-state index contributed by atoms with van der Waals surface area (Å²) in [5.74, 6) is -1.43. The number of thioether (sulfide) groups is 1. The summed E-state index contributed by atoms with van der Waals surface area (Å²) >= 11 is 1.51. The normalized spacial score (nSPS) is 16.5. The second-order valence-corrected chi connectivity index (χ2v) is 10.5. The Morgan fingerprint density at radius 3 is 2.76 bits per heavy atom. The van der Waals surface area contributed by atoms with E-state index in [2.05, 4.69) is 10.6 Å². The summed E-state index contributed by atoms with van der Waals surface area (Å²) in [5.41, 5.74) is 1.46. The Hall–Kier alpha value is -2.39. The predicted molar refractivity (Wildman–Crippen MR) is 111 cm³/mol. The molecule has 0 saturated carbocycles. The van der Waals surface area contributed by atoms with Gasteiger partial charge in [0.15, 0.2) is 9.84 Å². The van der Waals surface area contributed by atoms with Crippen molar-refractivity contribution in [2.24, 2.45) is 0 Å². The van der Waals surface area contributed by atoms with Crippen LogP contribution in [0.4, 0.5) is 15.8 Å². The lowest BCUT2D eigenvalue weighted by molar-refractivity contribution is -0.116. The molecule has 2 amide bonds. The molecule has 0 aromatic heterocycles. The molecule has 0 radical (unpaired) electrons. The van der Waals surface area contributed by atoms with Gasteiger partial charge in [0.2, 0.25) is 11.8 Å². The van der Waals surface area contributed by atoms with Gasteiger partial charge in [-0.15, -0.1) is 11.8 Å². The minimum Gasteiger partial charge on any atom is -0.326 e. The van der Waals surface area contributed by atoms with E-state index in [1.54, 1.807) is 13.0 Å². The lowest BCUT2D eigenvalue weighted by Crippen LogP contribution is -2.18. The third kappa shape index (κ3) is 5.36. The fourth-order valence-electron chi connectivity index (χ4n) is 2.95. The Balaban J connectivity index is 1.69. The average molecular weight is 437 g/mol. The molecule has 1 heterocycles. The number of hydrogen-bond donors (Lipinski definition) is 2. The fraction of sp³-hybridized carbons (Fsp3) is 0.300. The van der Waals surface area contributed by atoms with Crippen molar-refractivity contribution in [2.45, 2.75) is 41.7 Å². The van der Waals surface area contributed by atoms with Gasteiger partial charge in [0.1, 0.15) is 5.82 Å². The Labute approximate surface area is 173 Å². The van der Waals surface area contributed by atoms with Crippen molar-refractivity contribution < 1.29 is 22.4 Å². The molecular weight excluding hydrogens is 415 g/mol. The first-order valence-electron chi connectivity index (χ1n) is 9.03. The van der Waals surface area contributed by atoms with E-state index in [4.69, 9.17) is 0 Å². The molecule has 2 aromatic rings. The summed E-state index contributed by atoms with van der Waals surface area (Å²) in [6.07, 6.45) is 0.110. The lowest BCUT2D eigenvalue weighted by atomic mass is 10.2. The van der Waals surface area contributed by atoms with E-state index in [9.17, 15) is 22.4 Å². The average Bonchev–Trinajstić information content (AvgIpc) is 2.78. The molecule has 6 nitrogen and oxygen atoms in total. The minimum absolute atomic E-state index is 0.0532. The van der Waals surface area contributed by atoms with Gasteiger partial charge in [-0.1, -0.05) is 6.92 Å². The maximum absolute atomic E-state index is 13.1. The van der Waals surface area contributed by atoms with E-state index in [-0.39, 0.29) is 28.2 Å². The highest BCUT2D eigenvalue weighted by molar-refractivity contribution is 8.00. The molecule has 2 N–H and O–H groups in total. The highest BCUT2D eigenvalue weighted by atomic mass is 32.2. The molecule has 2 aromatic carbocycles. The van der Waals surface area contributed by atoms with Gasteiger partial charge in [0.25, 0.3) is 0 Å². The van der Waals surface area contributed by atoms with Gasteiger partial charge >= 0.3 is 0 Å². The number of carbonyl (C=O) groups is 2. The van der Waals surface area contributed by atoms with Crippen molar-refractivity contribution in [1.82, 2.24) is 0 Å². The number of nitrogens with one attached hydrogen (secondary N) is 2. The van der Waals surface area contributed by atoms with Crippen LogP contribution >= 0.6 is 11.8 Å². The number of sulfone groups is 1. The predicted octanol–water partition coefficient (Wildman–Crippen LogP) is 3.76. The zero-order valence-electron chi connectivity index (χ0n) is 16.0. The van der Waals surface area contributed by atoms with Crippen LogP contribution in [0.15, 0.2) is 46.2 Å². The Morgan fingerprint density at radius 2 is 2.03 bits per heavy atom. The number of rotatable bonds is 5. The molecular formula is C20H21FN2O4S2. The quantitative estimate of drug-likeness (QED) is 0.745. The third-order valence-electron chi connectivity index (χ3n) is 4.45. The standard InChI is InChI=1S/C20H21FN2O4S2/c1-12-9-14(21)3-5-16(12)22-19(24)7-8-29(26,27)15-4-6-18-17(11-15)23-20(25)10-13(2)28-18/h3-6,9,11,13H,7-8,10H2,1-2H3,(H,22,24)(H,23,25)/t13-/m0/s1. The van der Waals surface area contributed by atoms with Crippen LogP contribution in [0, 0.1) is 12.7 Å². The van der Waals surface area contributed by atoms with Crippen LogP contribution in [0.1, 0.15) is 25.3 Å². The van der Waals surface area contributed by atoms with E-state index in [0.29, 0.717) is 23.4 Å². The summed E-state index contributed by atoms with van der Waals surface area (Å²) in [5, 5.41) is 5.43. The number of amides is 2. The molecule has 0 unspecified atom stereocenters. The number of hydrogen-bond acceptors (Lipinski definition) is 5. The second-order valence-electron chi connectivity index (χ2n) is 6.92. The van der Waals surface area contributed by atoms with Crippen molar-refractivity contribution in [3.8, 4) is 0 Å². The van der Waals surface area contributed by atoms with Gasteiger partial charge in [0, 0.05) is 28.7 Å². The SMILES string of the molecule is Cc1cc(F)ccc1NC(=O)CCS(=O)(=O)c1ccc2c(c1)NC(=O)C[C@H](C)S2. The summed E-state index contributed by atoms with van der Waals surface area (Å²) in [7, 11) is -3.72.